The van der Waals surface area contributed by atoms with E-state index >= 15 is 0 Å². The van der Waals surface area contributed by atoms with Crippen molar-refractivity contribution >= 4 is 35.8 Å². The third kappa shape index (κ3) is 4.63. The zero-order valence-corrected chi connectivity index (χ0v) is 21.4. The van der Waals surface area contributed by atoms with Crippen LogP contribution in [0.5, 0.6) is 0 Å². The van der Waals surface area contributed by atoms with Gasteiger partial charge in [0.2, 0.25) is 0 Å². The fourth-order valence-corrected chi connectivity index (χ4v) is 5.14. The maximum atomic E-state index is 14.3. The second-order valence-electron chi connectivity index (χ2n) is 9.03. The fraction of sp³-hybridized carbons (Fsp3) is 0.200. The van der Waals surface area contributed by atoms with Crippen molar-refractivity contribution in [3.63, 3.8) is 0 Å². The van der Waals surface area contributed by atoms with Crippen molar-refractivity contribution in [3.05, 3.63) is 107 Å². The number of carbonyl (C=O) groups is 4. The molecule has 39 heavy (non-hydrogen) atoms. The lowest BCUT2D eigenvalue weighted by atomic mass is 9.81. The van der Waals surface area contributed by atoms with Gasteiger partial charge in [-0.05, 0) is 28.8 Å². The fourth-order valence-electron chi connectivity index (χ4n) is 5.14. The normalized spacial score (nSPS) is 18.9. The Morgan fingerprint density at radius 1 is 0.846 bits per heavy atom. The summed E-state index contributed by atoms with van der Waals surface area (Å²) >= 11 is 0. The molecule has 198 valence electrons. The minimum atomic E-state index is -1.19. The number of hydrogen-bond acceptors (Lipinski definition) is 7. The maximum absolute atomic E-state index is 14.3. The molecular formula is C30H26N2O7. The van der Waals surface area contributed by atoms with Gasteiger partial charge >= 0.3 is 18.2 Å². The van der Waals surface area contributed by atoms with Gasteiger partial charge in [-0.2, -0.15) is 0 Å². The smallest absolute Gasteiger partial charge is 0.417 e. The number of nitrogens with zero attached hydrogens (tertiary/aromatic N) is 2. The van der Waals surface area contributed by atoms with Crippen LogP contribution in [0.25, 0.3) is 6.08 Å². The highest BCUT2D eigenvalue weighted by Gasteiger charge is 2.49. The molecule has 0 aliphatic carbocycles. The van der Waals surface area contributed by atoms with Gasteiger partial charge in [0.15, 0.2) is 0 Å². The van der Waals surface area contributed by atoms with E-state index in [4.69, 9.17) is 14.2 Å². The molecule has 9 nitrogen and oxygen atoms in total. The van der Waals surface area contributed by atoms with Crippen LogP contribution in [0.1, 0.15) is 28.7 Å². The summed E-state index contributed by atoms with van der Waals surface area (Å²) in [6, 6.07) is 22.8. The largest absolute Gasteiger partial charge is 0.468 e. The van der Waals surface area contributed by atoms with E-state index in [1.807, 2.05) is 6.07 Å². The van der Waals surface area contributed by atoms with Gasteiger partial charge in [-0.15, -0.1) is 0 Å². The van der Waals surface area contributed by atoms with Crippen molar-refractivity contribution in [1.82, 2.24) is 4.90 Å². The molecule has 3 aromatic rings. The van der Waals surface area contributed by atoms with Crippen molar-refractivity contribution in [1.29, 1.82) is 0 Å². The minimum absolute atomic E-state index is 0.0248. The van der Waals surface area contributed by atoms with Crippen LogP contribution >= 0.6 is 0 Å². The van der Waals surface area contributed by atoms with Crippen molar-refractivity contribution < 1.29 is 33.4 Å². The number of esters is 1. The van der Waals surface area contributed by atoms with Crippen LogP contribution in [0.4, 0.5) is 15.3 Å². The first-order chi connectivity index (χ1) is 19.0. The number of hydrogen-bond donors (Lipinski definition) is 0. The maximum Gasteiger partial charge on any atom is 0.417 e. The Morgan fingerprint density at radius 2 is 1.49 bits per heavy atom. The van der Waals surface area contributed by atoms with E-state index in [2.05, 4.69) is 0 Å². The summed E-state index contributed by atoms with van der Waals surface area (Å²) in [4.78, 5) is 56.3. The molecule has 2 aliphatic rings. The van der Waals surface area contributed by atoms with E-state index < -0.39 is 42.1 Å². The second kappa shape index (κ2) is 10.8. The Hall–Kier alpha value is -4.92. The summed E-state index contributed by atoms with van der Waals surface area (Å²) in [6.45, 7) is -0.0248. The molecule has 3 aromatic carbocycles. The average molecular weight is 527 g/mol. The van der Waals surface area contributed by atoms with Crippen LogP contribution in [-0.4, -0.2) is 55.8 Å². The van der Waals surface area contributed by atoms with Gasteiger partial charge in [-0.25, -0.2) is 14.5 Å². The van der Waals surface area contributed by atoms with Gasteiger partial charge in [0, 0.05) is 5.57 Å². The summed E-state index contributed by atoms with van der Waals surface area (Å²) in [5, 5.41) is 0. The number of fused-ring (bicyclic) bond motifs is 1. The second-order valence-corrected chi connectivity index (χ2v) is 9.03. The molecule has 9 heteroatoms. The number of cyclic esters (lactones) is 1. The van der Waals surface area contributed by atoms with Gasteiger partial charge in [0.05, 0.1) is 25.9 Å². The van der Waals surface area contributed by atoms with Crippen LogP contribution in [0.3, 0.4) is 0 Å². The van der Waals surface area contributed by atoms with Crippen LogP contribution < -0.4 is 4.90 Å². The molecule has 3 atom stereocenters. The van der Waals surface area contributed by atoms with Crippen LogP contribution in [0, 0.1) is 0 Å². The molecular weight excluding hydrogens is 500 g/mol. The van der Waals surface area contributed by atoms with Gasteiger partial charge in [-0.1, -0.05) is 78.9 Å². The third-order valence-electron chi connectivity index (χ3n) is 6.93. The molecule has 1 fully saturated rings. The Kier molecular flexibility index (Phi) is 7.14. The average Bonchev–Trinajstić information content (AvgIpc) is 3.38. The van der Waals surface area contributed by atoms with Gasteiger partial charge in [-0.3, -0.25) is 14.5 Å². The summed E-state index contributed by atoms with van der Waals surface area (Å²) < 4.78 is 15.6. The molecule has 0 radical (unpaired) electrons. The molecule has 2 heterocycles. The van der Waals surface area contributed by atoms with E-state index in [1.165, 1.54) is 19.1 Å². The molecule has 1 saturated heterocycles. The van der Waals surface area contributed by atoms with Gasteiger partial charge in [0.25, 0.3) is 5.91 Å². The highest BCUT2D eigenvalue weighted by atomic mass is 16.6. The Labute approximate surface area is 225 Å². The lowest BCUT2D eigenvalue weighted by Gasteiger charge is -2.40. The lowest BCUT2D eigenvalue weighted by Crippen LogP contribution is -2.52. The quantitative estimate of drug-likeness (QED) is 0.351. The topological polar surface area (TPSA) is 102 Å². The van der Waals surface area contributed by atoms with E-state index in [0.29, 0.717) is 22.4 Å². The minimum Gasteiger partial charge on any atom is -0.468 e. The number of anilines is 1. The zero-order valence-electron chi connectivity index (χ0n) is 21.4. The Bertz CT molecular complexity index is 1440. The number of benzene rings is 3. The molecule has 2 unspecified atom stereocenters. The monoisotopic (exact) mass is 526 g/mol. The first-order valence-corrected chi connectivity index (χ1v) is 12.3. The molecule has 3 amide bonds. The summed E-state index contributed by atoms with van der Waals surface area (Å²) in [5.74, 6) is -2.47. The highest BCUT2D eigenvalue weighted by Crippen LogP contribution is 2.42. The number of methoxy groups -OCH3 is 2. The van der Waals surface area contributed by atoms with Crippen molar-refractivity contribution in [2.45, 2.75) is 18.0 Å². The van der Waals surface area contributed by atoms with Crippen LogP contribution in [0.15, 0.2) is 90.5 Å². The molecule has 5 rings (SSSR count). The summed E-state index contributed by atoms with van der Waals surface area (Å²) in [6.07, 6.45) is 0.0134. The Balaban J connectivity index is 1.71. The molecule has 0 aromatic heterocycles. The lowest BCUT2D eigenvalue weighted by molar-refractivity contribution is -0.142. The predicted molar refractivity (Wildman–Crippen MR) is 142 cm³/mol. The van der Waals surface area contributed by atoms with Crippen LogP contribution in [-0.2, 0) is 23.8 Å². The zero-order chi connectivity index (χ0) is 27.5. The number of ether oxygens (including phenoxy) is 3. The summed E-state index contributed by atoms with van der Waals surface area (Å²) in [5.41, 5.74) is 2.26. The predicted octanol–water partition coefficient (Wildman–Crippen LogP) is 4.70. The first kappa shape index (κ1) is 25.7. The van der Waals surface area contributed by atoms with Gasteiger partial charge < -0.3 is 14.2 Å². The number of rotatable bonds is 5. The SMILES string of the molecule is COC(=O)C(c1ccccc1)C1C(C(=O)N2C(=O)OC[C@@H]2c2ccccc2)=Cc2ccccc2N1C(=O)OC. The third-order valence-corrected chi connectivity index (χ3v) is 6.93. The first-order valence-electron chi connectivity index (χ1n) is 12.3. The highest BCUT2D eigenvalue weighted by molar-refractivity contribution is 6.12. The van der Waals surface area contributed by atoms with E-state index in [0.717, 1.165) is 4.90 Å². The molecule has 0 N–H and O–H groups in total. The number of imide groups is 1. The summed E-state index contributed by atoms with van der Waals surface area (Å²) in [7, 11) is 2.47. The van der Waals surface area contributed by atoms with Crippen molar-refractivity contribution in [3.8, 4) is 0 Å². The van der Waals surface area contributed by atoms with E-state index in [9.17, 15) is 19.2 Å². The van der Waals surface area contributed by atoms with Crippen molar-refractivity contribution in [2.75, 3.05) is 25.7 Å². The molecule has 0 spiro atoms. The molecule has 0 bridgehead atoms. The van der Waals surface area contributed by atoms with E-state index in [1.54, 1.807) is 84.9 Å². The standard InChI is InChI=1S/C30H26N2O7/c1-37-28(34)25(20-13-7-4-8-14-20)26-22(17-21-15-9-10-16-23(21)31(26)29(35)38-2)27(33)32-24(18-39-30(32)36)19-11-5-3-6-12-19/h3-17,24-26H,18H2,1-2H3/t24-,25?,26?/m1/s1. The molecule has 0 saturated carbocycles. The molecule has 2 aliphatic heterocycles. The van der Waals surface area contributed by atoms with Gasteiger partial charge in [0.1, 0.15) is 18.6 Å². The van der Waals surface area contributed by atoms with E-state index in [-0.39, 0.29) is 12.2 Å². The number of amides is 3. The van der Waals surface area contributed by atoms with Crippen molar-refractivity contribution in [2.24, 2.45) is 0 Å². The Morgan fingerprint density at radius 3 is 2.15 bits per heavy atom. The number of carbonyl (C=O) groups excluding carboxylic acids is 4. The van der Waals surface area contributed by atoms with Crippen LogP contribution in [0.2, 0.25) is 0 Å². The number of para-hydroxylation sites is 1.